The maximum absolute atomic E-state index is 12.5. The monoisotopic (exact) mass is 452 g/mol. The van der Waals surface area contributed by atoms with E-state index in [9.17, 15) is 4.79 Å². The lowest BCUT2D eigenvalue weighted by atomic mass is 10.1. The molecule has 6 nitrogen and oxygen atoms in total. The van der Waals surface area contributed by atoms with E-state index in [0.717, 1.165) is 20.6 Å². The van der Waals surface area contributed by atoms with Gasteiger partial charge in [0.2, 0.25) is 0 Å². The summed E-state index contributed by atoms with van der Waals surface area (Å²) in [5, 5.41) is 7.03. The van der Waals surface area contributed by atoms with E-state index in [0.29, 0.717) is 22.6 Å². The summed E-state index contributed by atoms with van der Waals surface area (Å²) in [6, 6.07) is 17.0. The molecule has 0 fully saturated rings. The molecule has 0 aliphatic carbocycles. The molecule has 3 aromatic carbocycles. The van der Waals surface area contributed by atoms with E-state index in [1.807, 2.05) is 36.4 Å². The number of furan rings is 1. The fourth-order valence-electron chi connectivity index (χ4n) is 3.10. The third kappa shape index (κ3) is 3.69. The van der Waals surface area contributed by atoms with Gasteiger partial charge in [0, 0.05) is 17.0 Å². The highest BCUT2D eigenvalue weighted by atomic mass is 79.9. The molecule has 0 bridgehead atoms. The van der Waals surface area contributed by atoms with Crippen molar-refractivity contribution in [3.8, 4) is 11.5 Å². The van der Waals surface area contributed by atoms with Gasteiger partial charge in [-0.05, 0) is 44.9 Å². The SMILES string of the molecule is COc1cc(OC)c(C=NNC(=O)c2cc3c(ccc4ccccc43)o2)cc1Br. The van der Waals surface area contributed by atoms with Gasteiger partial charge >= 0.3 is 5.91 Å². The van der Waals surface area contributed by atoms with Gasteiger partial charge in [0.15, 0.2) is 5.76 Å². The Morgan fingerprint density at radius 3 is 2.62 bits per heavy atom. The van der Waals surface area contributed by atoms with Crippen LogP contribution in [0.2, 0.25) is 0 Å². The molecular formula is C22H17BrN2O4. The average molecular weight is 453 g/mol. The molecule has 0 atom stereocenters. The van der Waals surface area contributed by atoms with Crippen molar-refractivity contribution in [2.75, 3.05) is 14.2 Å². The Morgan fingerprint density at radius 2 is 1.83 bits per heavy atom. The number of nitrogens with one attached hydrogen (secondary N) is 1. The summed E-state index contributed by atoms with van der Waals surface area (Å²) in [6.07, 6.45) is 1.50. The molecular weight excluding hydrogens is 436 g/mol. The van der Waals surface area contributed by atoms with Gasteiger partial charge in [0.25, 0.3) is 0 Å². The summed E-state index contributed by atoms with van der Waals surface area (Å²) in [5.41, 5.74) is 3.82. The molecule has 1 heterocycles. The molecule has 0 saturated carbocycles. The molecule has 1 aromatic heterocycles. The Hall–Kier alpha value is -3.32. The van der Waals surface area contributed by atoms with Crippen molar-refractivity contribution in [3.63, 3.8) is 0 Å². The van der Waals surface area contributed by atoms with Gasteiger partial charge in [-0.2, -0.15) is 5.10 Å². The lowest BCUT2D eigenvalue weighted by Crippen LogP contribution is -2.16. The first kappa shape index (κ1) is 19.0. The number of benzene rings is 3. The number of hydrogen-bond donors (Lipinski definition) is 1. The van der Waals surface area contributed by atoms with Crippen molar-refractivity contribution in [1.82, 2.24) is 5.43 Å². The van der Waals surface area contributed by atoms with Crippen molar-refractivity contribution in [3.05, 3.63) is 70.4 Å². The largest absolute Gasteiger partial charge is 0.496 e. The Bertz CT molecular complexity index is 1250. The number of rotatable bonds is 5. The minimum Gasteiger partial charge on any atom is -0.496 e. The van der Waals surface area contributed by atoms with E-state index in [1.54, 1.807) is 32.4 Å². The van der Waals surface area contributed by atoms with Crippen LogP contribution in [0.15, 0.2) is 68.6 Å². The number of carbonyl (C=O) groups is 1. The van der Waals surface area contributed by atoms with E-state index in [2.05, 4.69) is 26.5 Å². The zero-order chi connectivity index (χ0) is 20.4. The molecule has 29 heavy (non-hydrogen) atoms. The van der Waals surface area contributed by atoms with Crippen LogP contribution in [0.3, 0.4) is 0 Å². The number of hydrogen-bond acceptors (Lipinski definition) is 5. The van der Waals surface area contributed by atoms with Gasteiger partial charge in [-0.15, -0.1) is 0 Å². The van der Waals surface area contributed by atoms with Gasteiger partial charge < -0.3 is 13.9 Å². The number of methoxy groups -OCH3 is 2. The minimum atomic E-state index is -0.437. The fourth-order valence-corrected chi connectivity index (χ4v) is 3.63. The van der Waals surface area contributed by atoms with Crippen molar-refractivity contribution in [2.45, 2.75) is 0 Å². The molecule has 0 unspecified atom stereocenters. The average Bonchev–Trinajstić information content (AvgIpc) is 3.19. The van der Waals surface area contributed by atoms with E-state index in [4.69, 9.17) is 13.9 Å². The van der Waals surface area contributed by atoms with Gasteiger partial charge in [0.1, 0.15) is 17.1 Å². The Morgan fingerprint density at radius 1 is 1.03 bits per heavy atom. The standard InChI is InChI=1S/C22H17BrN2O4/c1-27-19-11-20(28-2)17(23)9-14(19)12-24-25-22(26)21-10-16-15-6-4-3-5-13(15)7-8-18(16)29-21/h3-12H,1-2H3,(H,25,26). The normalized spacial score (nSPS) is 11.3. The number of carbonyl (C=O) groups excluding carboxylic acids is 1. The van der Waals surface area contributed by atoms with Crippen LogP contribution < -0.4 is 14.9 Å². The van der Waals surface area contributed by atoms with Crippen molar-refractivity contribution in [1.29, 1.82) is 0 Å². The van der Waals surface area contributed by atoms with Crippen LogP contribution in [0.1, 0.15) is 16.1 Å². The Balaban J connectivity index is 1.57. The summed E-state index contributed by atoms with van der Waals surface area (Å²) in [6.45, 7) is 0. The highest BCUT2D eigenvalue weighted by molar-refractivity contribution is 9.10. The van der Waals surface area contributed by atoms with Crippen LogP contribution in [0.5, 0.6) is 11.5 Å². The van der Waals surface area contributed by atoms with Gasteiger partial charge in [0.05, 0.1) is 24.9 Å². The number of fused-ring (bicyclic) bond motifs is 3. The summed E-state index contributed by atoms with van der Waals surface area (Å²) >= 11 is 3.42. The maximum atomic E-state index is 12.5. The smallest absolute Gasteiger partial charge is 0.307 e. The molecule has 1 amide bonds. The number of nitrogens with zero attached hydrogens (tertiary/aromatic N) is 1. The second-order valence-electron chi connectivity index (χ2n) is 6.24. The summed E-state index contributed by atoms with van der Waals surface area (Å²) in [7, 11) is 3.13. The van der Waals surface area contributed by atoms with Crippen LogP contribution >= 0.6 is 15.9 Å². The number of amides is 1. The first-order chi connectivity index (χ1) is 14.1. The Labute approximate surface area is 175 Å². The molecule has 1 N–H and O–H groups in total. The van der Waals surface area contributed by atoms with Crippen LogP contribution in [0.4, 0.5) is 0 Å². The van der Waals surface area contributed by atoms with Crippen LogP contribution in [0, 0.1) is 0 Å². The van der Waals surface area contributed by atoms with Gasteiger partial charge in [-0.25, -0.2) is 5.43 Å². The van der Waals surface area contributed by atoms with Gasteiger partial charge in [-0.3, -0.25) is 4.79 Å². The third-order valence-corrected chi connectivity index (χ3v) is 5.14. The summed E-state index contributed by atoms with van der Waals surface area (Å²) < 4.78 is 17.0. The third-order valence-electron chi connectivity index (χ3n) is 4.52. The molecule has 4 aromatic rings. The number of ether oxygens (including phenoxy) is 2. The summed E-state index contributed by atoms with van der Waals surface area (Å²) in [4.78, 5) is 12.5. The molecule has 146 valence electrons. The minimum absolute atomic E-state index is 0.191. The first-order valence-corrected chi connectivity index (χ1v) is 9.56. The second-order valence-corrected chi connectivity index (χ2v) is 7.09. The molecule has 0 saturated heterocycles. The van der Waals surface area contributed by atoms with Gasteiger partial charge in [-0.1, -0.05) is 30.3 Å². The number of halogens is 1. The lowest BCUT2D eigenvalue weighted by Gasteiger charge is -2.09. The van der Waals surface area contributed by atoms with E-state index in [1.165, 1.54) is 6.21 Å². The molecule has 4 rings (SSSR count). The van der Waals surface area contributed by atoms with Crippen molar-refractivity contribution >= 4 is 49.8 Å². The summed E-state index contributed by atoms with van der Waals surface area (Å²) in [5.74, 6) is 0.959. The highest BCUT2D eigenvalue weighted by Crippen LogP contribution is 2.32. The predicted molar refractivity (Wildman–Crippen MR) is 116 cm³/mol. The zero-order valence-electron chi connectivity index (χ0n) is 15.7. The first-order valence-electron chi connectivity index (χ1n) is 8.77. The quantitative estimate of drug-likeness (QED) is 0.336. The van der Waals surface area contributed by atoms with Crippen LogP contribution in [-0.2, 0) is 0 Å². The maximum Gasteiger partial charge on any atom is 0.307 e. The zero-order valence-corrected chi connectivity index (χ0v) is 17.3. The van der Waals surface area contributed by atoms with Crippen molar-refractivity contribution < 1.29 is 18.7 Å². The molecule has 0 radical (unpaired) electrons. The number of hydrazone groups is 1. The van der Waals surface area contributed by atoms with Crippen molar-refractivity contribution in [2.24, 2.45) is 5.10 Å². The van der Waals surface area contributed by atoms with E-state index < -0.39 is 5.91 Å². The van der Waals surface area contributed by atoms with E-state index >= 15 is 0 Å². The van der Waals surface area contributed by atoms with Crippen LogP contribution in [-0.4, -0.2) is 26.3 Å². The Kier molecular flexibility index (Phi) is 5.22. The molecule has 0 spiro atoms. The molecule has 7 heteroatoms. The fraction of sp³-hybridized carbons (Fsp3) is 0.0909. The lowest BCUT2D eigenvalue weighted by molar-refractivity contribution is 0.0929. The van der Waals surface area contributed by atoms with E-state index in [-0.39, 0.29) is 5.76 Å². The molecule has 0 aliphatic rings. The topological polar surface area (TPSA) is 73.1 Å². The molecule has 0 aliphatic heterocycles. The predicted octanol–water partition coefficient (Wildman–Crippen LogP) is 5.13. The highest BCUT2D eigenvalue weighted by Gasteiger charge is 2.14. The van der Waals surface area contributed by atoms with Crippen LogP contribution in [0.25, 0.3) is 21.7 Å². The second kappa shape index (κ2) is 7.97.